The van der Waals surface area contributed by atoms with Crippen LogP contribution >= 0.6 is 24.8 Å². The van der Waals surface area contributed by atoms with Crippen molar-refractivity contribution in [2.75, 3.05) is 19.6 Å². The summed E-state index contributed by atoms with van der Waals surface area (Å²) in [5.74, 6) is 0.209. The highest BCUT2D eigenvalue weighted by molar-refractivity contribution is 7.89. The first-order valence-corrected chi connectivity index (χ1v) is 10.5. The van der Waals surface area contributed by atoms with E-state index in [1.54, 1.807) is 18.3 Å². The summed E-state index contributed by atoms with van der Waals surface area (Å²) in [5, 5.41) is 3.09. The summed E-state index contributed by atoms with van der Waals surface area (Å²) in [6.07, 6.45) is 4.72. The van der Waals surface area contributed by atoms with Crippen LogP contribution in [-0.4, -0.2) is 48.8 Å². The second-order valence-electron chi connectivity index (χ2n) is 7.72. The molecule has 0 aliphatic carbocycles. The molecule has 2 rings (SSSR count). The number of carbonyl (C=O) groups is 1. The second kappa shape index (κ2) is 11.3. The molecule has 10 heteroatoms. The van der Waals surface area contributed by atoms with Crippen molar-refractivity contribution in [1.82, 2.24) is 14.6 Å². The smallest absolute Gasteiger partial charge is 0.244 e. The van der Waals surface area contributed by atoms with Crippen LogP contribution in [-0.2, 0) is 14.8 Å². The Morgan fingerprint density at radius 1 is 1.36 bits per heavy atom. The van der Waals surface area contributed by atoms with Crippen molar-refractivity contribution < 1.29 is 13.2 Å². The lowest BCUT2D eigenvalue weighted by atomic mass is 9.89. The first kappa shape index (κ1) is 27.1. The van der Waals surface area contributed by atoms with Gasteiger partial charge in [0.25, 0.3) is 0 Å². The van der Waals surface area contributed by atoms with Crippen molar-refractivity contribution in [2.45, 2.75) is 50.5 Å². The van der Waals surface area contributed by atoms with Crippen molar-refractivity contribution in [1.29, 1.82) is 0 Å². The van der Waals surface area contributed by atoms with Gasteiger partial charge in [0.1, 0.15) is 4.90 Å². The SMILES string of the molecule is CC(C)CC(C)(CN)NC(=O)C1CCN(S(=O)(=O)c2cccnc2)CC1.Cl.Cl. The number of aromatic nitrogens is 1. The highest BCUT2D eigenvalue weighted by Gasteiger charge is 2.34. The molecule has 7 nitrogen and oxygen atoms in total. The maximum absolute atomic E-state index is 12.6. The zero-order chi connectivity index (χ0) is 19.4. The predicted molar refractivity (Wildman–Crippen MR) is 115 cm³/mol. The third-order valence-electron chi connectivity index (χ3n) is 4.83. The molecule has 1 aromatic rings. The van der Waals surface area contributed by atoms with Crippen molar-refractivity contribution in [2.24, 2.45) is 17.6 Å². The minimum Gasteiger partial charge on any atom is -0.349 e. The number of nitrogens with zero attached hydrogens (tertiary/aromatic N) is 2. The molecule has 0 saturated carbocycles. The summed E-state index contributed by atoms with van der Waals surface area (Å²) in [4.78, 5) is 16.7. The minimum absolute atomic E-state index is 0. The monoisotopic (exact) mass is 454 g/mol. The Bertz CT molecular complexity index is 711. The fourth-order valence-electron chi connectivity index (χ4n) is 3.49. The molecule has 1 unspecified atom stereocenters. The summed E-state index contributed by atoms with van der Waals surface area (Å²) >= 11 is 0. The average Bonchev–Trinajstić information content (AvgIpc) is 2.62. The van der Waals surface area contributed by atoms with Crippen LogP contribution in [0.5, 0.6) is 0 Å². The number of rotatable bonds is 7. The molecule has 1 amide bonds. The lowest BCUT2D eigenvalue weighted by Gasteiger charge is -2.35. The molecule has 1 fully saturated rings. The van der Waals surface area contributed by atoms with Crippen LogP contribution < -0.4 is 11.1 Å². The van der Waals surface area contributed by atoms with E-state index < -0.39 is 15.6 Å². The summed E-state index contributed by atoms with van der Waals surface area (Å²) in [7, 11) is -3.55. The van der Waals surface area contributed by atoms with Gasteiger partial charge >= 0.3 is 0 Å². The first-order valence-electron chi connectivity index (χ1n) is 9.10. The van der Waals surface area contributed by atoms with Crippen molar-refractivity contribution >= 4 is 40.7 Å². The van der Waals surface area contributed by atoms with Crippen molar-refractivity contribution in [3.63, 3.8) is 0 Å². The van der Waals surface area contributed by atoms with Crippen LogP contribution in [0.25, 0.3) is 0 Å². The number of hydrogen-bond acceptors (Lipinski definition) is 5. The number of amides is 1. The summed E-state index contributed by atoms with van der Waals surface area (Å²) in [5.41, 5.74) is 5.44. The molecular formula is C18H32Cl2N4O3S. The molecule has 28 heavy (non-hydrogen) atoms. The third-order valence-corrected chi connectivity index (χ3v) is 6.71. The molecule has 0 radical (unpaired) electrons. The van der Waals surface area contributed by atoms with Crippen molar-refractivity contribution in [3.8, 4) is 0 Å². The Balaban J connectivity index is 0.00000364. The number of pyridine rings is 1. The fourth-order valence-corrected chi connectivity index (χ4v) is 4.93. The van der Waals surface area contributed by atoms with Crippen LogP contribution in [0.15, 0.2) is 29.4 Å². The van der Waals surface area contributed by atoms with Gasteiger partial charge in [-0.2, -0.15) is 4.31 Å². The summed E-state index contributed by atoms with van der Waals surface area (Å²) in [6, 6.07) is 3.15. The van der Waals surface area contributed by atoms with E-state index in [-0.39, 0.29) is 41.5 Å². The van der Waals surface area contributed by atoms with Gasteiger partial charge in [-0.3, -0.25) is 9.78 Å². The minimum atomic E-state index is -3.55. The Morgan fingerprint density at radius 3 is 2.43 bits per heavy atom. The number of piperidine rings is 1. The van der Waals surface area contributed by atoms with E-state index in [2.05, 4.69) is 24.1 Å². The molecule has 1 aliphatic rings. The fraction of sp³-hybridized carbons (Fsp3) is 0.667. The first-order chi connectivity index (χ1) is 12.2. The molecule has 0 spiro atoms. The van der Waals surface area contributed by atoms with E-state index in [9.17, 15) is 13.2 Å². The number of halogens is 2. The number of nitrogens with two attached hydrogens (primary N) is 1. The Kier molecular flexibility index (Phi) is 10.9. The van der Waals surface area contributed by atoms with Gasteiger partial charge in [0.2, 0.25) is 15.9 Å². The molecule has 1 saturated heterocycles. The molecule has 2 heterocycles. The van der Waals surface area contributed by atoms with Gasteiger partial charge in [-0.15, -0.1) is 24.8 Å². The van der Waals surface area contributed by atoms with Crippen LogP contribution in [0, 0.1) is 11.8 Å². The third kappa shape index (κ3) is 6.84. The maximum atomic E-state index is 12.6. The van der Waals surface area contributed by atoms with Crippen LogP contribution in [0.1, 0.15) is 40.0 Å². The van der Waals surface area contributed by atoms with Gasteiger partial charge in [-0.25, -0.2) is 8.42 Å². The Hall–Kier alpha value is -0.930. The largest absolute Gasteiger partial charge is 0.349 e. The summed E-state index contributed by atoms with van der Waals surface area (Å²) < 4.78 is 26.7. The Morgan fingerprint density at radius 2 is 1.96 bits per heavy atom. The number of nitrogens with one attached hydrogen (secondary N) is 1. The topological polar surface area (TPSA) is 105 Å². The normalized spacial score (nSPS) is 17.9. The van der Waals surface area contributed by atoms with E-state index in [4.69, 9.17) is 5.73 Å². The van der Waals surface area contributed by atoms with Gasteiger partial charge in [-0.1, -0.05) is 13.8 Å². The van der Waals surface area contributed by atoms with E-state index in [1.807, 2.05) is 6.92 Å². The maximum Gasteiger partial charge on any atom is 0.244 e. The molecule has 162 valence electrons. The van der Waals surface area contributed by atoms with E-state index in [0.29, 0.717) is 38.4 Å². The molecule has 1 aliphatic heterocycles. The predicted octanol–water partition coefficient (Wildman–Crippen LogP) is 2.21. The molecular weight excluding hydrogens is 423 g/mol. The second-order valence-corrected chi connectivity index (χ2v) is 9.66. The standard InChI is InChI=1S/C18H30N4O3S.2ClH/c1-14(2)11-18(3,13-19)21-17(23)15-6-9-22(10-7-15)26(24,25)16-5-4-8-20-12-16;;/h4-5,8,12,14-15H,6-7,9-11,13,19H2,1-3H3,(H,21,23);2*1H. The van der Waals surface area contributed by atoms with Gasteiger partial charge in [0.15, 0.2) is 0 Å². The molecule has 3 N–H and O–H groups in total. The van der Waals surface area contributed by atoms with Gasteiger partial charge < -0.3 is 11.1 Å². The van der Waals surface area contributed by atoms with Gasteiger partial charge in [-0.05, 0) is 44.2 Å². The Labute approximate surface area is 180 Å². The van der Waals surface area contributed by atoms with Gasteiger partial charge in [0.05, 0.1) is 0 Å². The zero-order valence-corrected chi connectivity index (χ0v) is 19.1. The van der Waals surface area contributed by atoms with Crippen LogP contribution in [0.2, 0.25) is 0 Å². The number of sulfonamides is 1. The highest BCUT2D eigenvalue weighted by atomic mass is 35.5. The van der Waals surface area contributed by atoms with E-state index in [1.165, 1.54) is 10.5 Å². The lowest BCUT2D eigenvalue weighted by Crippen LogP contribution is -2.54. The number of carbonyl (C=O) groups excluding carboxylic acids is 1. The zero-order valence-electron chi connectivity index (χ0n) is 16.6. The molecule has 1 aromatic heterocycles. The summed E-state index contributed by atoms with van der Waals surface area (Å²) in [6.45, 7) is 7.21. The van der Waals surface area contributed by atoms with E-state index in [0.717, 1.165) is 6.42 Å². The highest BCUT2D eigenvalue weighted by Crippen LogP contribution is 2.25. The lowest BCUT2D eigenvalue weighted by molar-refractivity contribution is -0.128. The molecule has 0 aromatic carbocycles. The van der Waals surface area contributed by atoms with Gasteiger partial charge in [0, 0.05) is 43.5 Å². The molecule has 1 atom stereocenters. The average molecular weight is 455 g/mol. The number of hydrogen-bond donors (Lipinski definition) is 2. The molecule has 0 bridgehead atoms. The van der Waals surface area contributed by atoms with Crippen LogP contribution in [0.4, 0.5) is 0 Å². The quantitative estimate of drug-likeness (QED) is 0.656. The van der Waals surface area contributed by atoms with E-state index >= 15 is 0 Å². The van der Waals surface area contributed by atoms with Crippen LogP contribution in [0.3, 0.4) is 0 Å². The van der Waals surface area contributed by atoms with Crippen molar-refractivity contribution in [3.05, 3.63) is 24.5 Å².